The predicted octanol–water partition coefficient (Wildman–Crippen LogP) is 2.82. The van der Waals surface area contributed by atoms with Crippen molar-refractivity contribution in [1.29, 1.82) is 0 Å². The molecular weight excluding hydrogens is 246 g/mol. The van der Waals surface area contributed by atoms with Crippen molar-refractivity contribution in [2.75, 3.05) is 11.4 Å². The van der Waals surface area contributed by atoms with Crippen LogP contribution in [0, 0.1) is 6.92 Å². The first-order valence-electron chi connectivity index (χ1n) is 5.98. The summed E-state index contributed by atoms with van der Waals surface area (Å²) in [5.41, 5.74) is 0.865. The van der Waals surface area contributed by atoms with E-state index in [4.69, 9.17) is 9.84 Å². The van der Waals surface area contributed by atoms with E-state index in [0.717, 1.165) is 10.5 Å². The summed E-state index contributed by atoms with van der Waals surface area (Å²) in [6.45, 7) is 6.69. The number of carbonyl (C=O) groups is 2. The first kappa shape index (κ1) is 15.0. The molecule has 0 aromatic heterocycles. The first-order chi connectivity index (χ1) is 8.69. The third-order valence-electron chi connectivity index (χ3n) is 2.25. The number of nitrogens with zero attached hydrogens (tertiary/aromatic N) is 1. The molecular formula is C14H19NO4. The molecule has 0 aliphatic rings. The Morgan fingerprint density at radius 1 is 1.21 bits per heavy atom. The quantitative estimate of drug-likeness (QED) is 0.912. The lowest BCUT2D eigenvalue weighted by Crippen LogP contribution is -2.40. The van der Waals surface area contributed by atoms with Gasteiger partial charge in [-0.25, -0.2) is 4.79 Å². The van der Waals surface area contributed by atoms with Gasteiger partial charge in [0, 0.05) is 5.69 Å². The van der Waals surface area contributed by atoms with Gasteiger partial charge in [0.15, 0.2) is 0 Å². The standard InChI is InChI=1S/C14H19NO4/c1-10-5-7-11(8-6-10)15(9-12(16)17)13(18)19-14(2,3)4/h5-8H,9H2,1-4H3,(H,16,17). The van der Waals surface area contributed by atoms with Gasteiger partial charge in [-0.15, -0.1) is 0 Å². The van der Waals surface area contributed by atoms with Crippen molar-refractivity contribution >= 4 is 17.7 Å². The fourth-order valence-electron chi connectivity index (χ4n) is 1.44. The number of carboxylic acids is 1. The molecule has 0 aliphatic carbocycles. The number of hydrogen-bond donors (Lipinski definition) is 1. The molecule has 1 rings (SSSR count). The van der Waals surface area contributed by atoms with Crippen molar-refractivity contribution in [3.05, 3.63) is 29.8 Å². The molecule has 0 unspecified atom stereocenters. The summed E-state index contributed by atoms with van der Waals surface area (Å²) in [7, 11) is 0. The highest BCUT2D eigenvalue weighted by molar-refractivity contribution is 5.93. The number of carboxylic acid groups (broad SMARTS) is 1. The zero-order valence-corrected chi connectivity index (χ0v) is 11.6. The lowest BCUT2D eigenvalue weighted by atomic mass is 10.2. The molecule has 0 saturated carbocycles. The van der Waals surface area contributed by atoms with Crippen LogP contribution in [0.4, 0.5) is 10.5 Å². The van der Waals surface area contributed by atoms with Crippen LogP contribution in [-0.4, -0.2) is 29.3 Å². The summed E-state index contributed by atoms with van der Waals surface area (Å²) in [4.78, 5) is 24.0. The monoisotopic (exact) mass is 265 g/mol. The number of amides is 1. The van der Waals surface area contributed by atoms with E-state index in [9.17, 15) is 9.59 Å². The molecule has 0 spiro atoms. The van der Waals surface area contributed by atoms with E-state index >= 15 is 0 Å². The summed E-state index contributed by atoms with van der Waals surface area (Å²) in [6.07, 6.45) is -0.668. The molecule has 104 valence electrons. The third kappa shape index (κ3) is 4.99. The van der Waals surface area contributed by atoms with Crippen LogP contribution in [0.1, 0.15) is 26.3 Å². The maximum absolute atomic E-state index is 12.0. The van der Waals surface area contributed by atoms with E-state index in [1.807, 2.05) is 19.1 Å². The van der Waals surface area contributed by atoms with Gasteiger partial charge < -0.3 is 9.84 Å². The molecule has 0 aliphatic heterocycles. The van der Waals surface area contributed by atoms with Gasteiger partial charge in [-0.3, -0.25) is 9.69 Å². The highest BCUT2D eigenvalue weighted by Crippen LogP contribution is 2.18. The number of ether oxygens (including phenoxy) is 1. The molecule has 19 heavy (non-hydrogen) atoms. The first-order valence-corrected chi connectivity index (χ1v) is 5.98. The number of benzene rings is 1. The molecule has 1 N–H and O–H groups in total. The second kappa shape index (κ2) is 5.73. The second-order valence-electron chi connectivity index (χ2n) is 5.30. The fourth-order valence-corrected chi connectivity index (χ4v) is 1.44. The van der Waals surface area contributed by atoms with Crippen molar-refractivity contribution in [3.8, 4) is 0 Å². The van der Waals surface area contributed by atoms with Crippen molar-refractivity contribution < 1.29 is 19.4 Å². The van der Waals surface area contributed by atoms with Gasteiger partial charge in [-0.05, 0) is 39.8 Å². The number of aliphatic carboxylic acids is 1. The van der Waals surface area contributed by atoms with Crippen LogP contribution in [0.5, 0.6) is 0 Å². The third-order valence-corrected chi connectivity index (χ3v) is 2.25. The average molecular weight is 265 g/mol. The molecule has 1 aromatic carbocycles. The van der Waals surface area contributed by atoms with Crippen molar-refractivity contribution in [2.45, 2.75) is 33.3 Å². The van der Waals surface area contributed by atoms with Crippen LogP contribution >= 0.6 is 0 Å². The Balaban J connectivity index is 2.97. The van der Waals surface area contributed by atoms with Gasteiger partial charge in [0.2, 0.25) is 0 Å². The predicted molar refractivity (Wildman–Crippen MR) is 72.4 cm³/mol. The van der Waals surface area contributed by atoms with Gasteiger partial charge >= 0.3 is 12.1 Å². The van der Waals surface area contributed by atoms with Crippen LogP contribution in [-0.2, 0) is 9.53 Å². The van der Waals surface area contributed by atoms with Crippen molar-refractivity contribution in [2.24, 2.45) is 0 Å². The van der Waals surface area contributed by atoms with E-state index in [1.54, 1.807) is 32.9 Å². The molecule has 1 amide bonds. The van der Waals surface area contributed by atoms with Gasteiger partial charge in [0.25, 0.3) is 0 Å². The van der Waals surface area contributed by atoms with Crippen LogP contribution in [0.15, 0.2) is 24.3 Å². The molecule has 0 fully saturated rings. The summed E-state index contributed by atoms with van der Waals surface area (Å²) in [5, 5.41) is 8.90. The zero-order valence-electron chi connectivity index (χ0n) is 11.6. The Morgan fingerprint density at radius 2 is 1.74 bits per heavy atom. The lowest BCUT2D eigenvalue weighted by Gasteiger charge is -2.26. The van der Waals surface area contributed by atoms with Crippen molar-refractivity contribution in [1.82, 2.24) is 0 Å². The highest BCUT2D eigenvalue weighted by Gasteiger charge is 2.25. The molecule has 5 nitrogen and oxygen atoms in total. The van der Waals surface area contributed by atoms with Crippen LogP contribution in [0.2, 0.25) is 0 Å². The minimum absolute atomic E-state index is 0.433. The fraction of sp³-hybridized carbons (Fsp3) is 0.429. The Morgan fingerprint density at radius 3 is 2.16 bits per heavy atom. The van der Waals surface area contributed by atoms with Gasteiger partial charge in [0.05, 0.1) is 0 Å². The number of aryl methyl sites for hydroxylation is 1. The number of anilines is 1. The maximum Gasteiger partial charge on any atom is 0.415 e. The largest absolute Gasteiger partial charge is 0.480 e. The Hall–Kier alpha value is -2.04. The molecule has 1 aromatic rings. The molecule has 0 atom stereocenters. The molecule has 0 saturated heterocycles. The van der Waals surface area contributed by atoms with E-state index in [-0.39, 0.29) is 0 Å². The molecule has 5 heteroatoms. The summed E-state index contributed by atoms with van der Waals surface area (Å²) < 4.78 is 5.21. The highest BCUT2D eigenvalue weighted by atomic mass is 16.6. The zero-order chi connectivity index (χ0) is 14.6. The lowest BCUT2D eigenvalue weighted by molar-refractivity contribution is -0.135. The summed E-state index contributed by atoms with van der Waals surface area (Å²) in [5.74, 6) is -1.09. The molecule has 0 radical (unpaired) electrons. The van der Waals surface area contributed by atoms with E-state index < -0.39 is 24.2 Å². The smallest absolute Gasteiger partial charge is 0.415 e. The Bertz CT molecular complexity index is 459. The van der Waals surface area contributed by atoms with Crippen LogP contribution in [0.3, 0.4) is 0 Å². The van der Waals surface area contributed by atoms with E-state index in [0.29, 0.717) is 5.69 Å². The molecule has 0 bridgehead atoms. The number of rotatable bonds is 3. The minimum Gasteiger partial charge on any atom is -0.480 e. The van der Waals surface area contributed by atoms with Gasteiger partial charge in [-0.1, -0.05) is 17.7 Å². The van der Waals surface area contributed by atoms with Crippen LogP contribution < -0.4 is 4.90 Å². The normalized spacial score (nSPS) is 10.9. The van der Waals surface area contributed by atoms with E-state index in [1.165, 1.54) is 0 Å². The van der Waals surface area contributed by atoms with Gasteiger partial charge in [0.1, 0.15) is 12.1 Å². The summed E-state index contributed by atoms with van der Waals surface area (Å²) in [6, 6.07) is 7.02. The second-order valence-corrected chi connectivity index (χ2v) is 5.30. The maximum atomic E-state index is 12.0. The number of carbonyl (C=O) groups excluding carboxylic acids is 1. The average Bonchev–Trinajstić information content (AvgIpc) is 2.24. The van der Waals surface area contributed by atoms with E-state index in [2.05, 4.69) is 0 Å². The Kier molecular flexibility index (Phi) is 4.53. The molecule has 0 heterocycles. The SMILES string of the molecule is Cc1ccc(N(CC(=O)O)C(=O)OC(C)(C)C)cc1. The topological polar surface area (TPSA) is 66.8 Å². The van der Waals surface area contributed by atoms with Crippen LogP contribution in [0.25, 0.3) is 0 Å². The number of hydrogen-bond acceptors (Lipinski definition) is 3. The minimum atomic E-state index is -1.09. The summed E-state index contributed by atoms with van der Waals surface area (Å²) >= 11 is 0. The van der Waals surface area contributed by atoms with Gasteiger partial charge in [-0.2, -0.15) is 0 Å². The Labute approximate surface area is 112 Å². The van der Waals surface area contributed by atoms with Crippen molar-refractivity contribution in [3.63, 3.8) is 0 Å².